The number of hydrogen-bond donors (Lipinski definition) is 2. The maximum absolute atomic E-state index is 10.8. The maximum atomic E-state index is 10.8. The van der Waals surface area contributed by atoms with Gasteiger partial charge in [-0.25, -0.2) is 0 Å². The monoisotopic (exact) mass is 868 g/mol. The summed E-state index contributed by atoms with van der Waals surface area (Å²) < 4.78 is 0. The summed E-state index contributed by atoms with van der Waals surface area (Å²) in [6.07, 6.45) is 3.40. The van der Waals surface area contributed by atoms with E-state index >= 15 is 0 Å². The number of benzene rings is 4. The fourth-order valence-electron chi connectivity index (χ4n) is 5.21. The predicted octanol–water partition coefficient (Wildman–Crippen LogP) is 15.8. The first-order valence-corrected chi connectivity index (χ1v) is 22.6. The molecule has 4 aromatic rings. The van der Waals surface area contributed by atoms with Gasteiger partial charge in [0.25, 0.3) is 0 Å². The third-order valence-corrected chi connectivity index (χ3v) is 8.86. The van der Waals surface area contributed by atoms with E-state index in [1.54, 1.807) is 30.6 Å². The van der Waals surface area contributed by atoms with Gasteiger partial charge in [-0.3, -0.25) is 9.98 Å². The van der Waals surface area contributed by atoms with Crippen molar-refractivity contribution in [3.63, 3.8) is 0 Å². The van der Waals surface area contributed by atoms with Crippen molar-refractivity contribution in [2.45, 2.75) is 119 Å². The molecule has 4 aromatic carbocycles. The van der Waals surface area contributed by atoms with Crippen LogP contribution < -0.4 is 0 Å². The number of rotatable bonds is 4. The summed E-state index contributed by atoms with van der Waals surface area (Å²) in [7, 11) is 9.78. The van der Waals surface area contributed by atoms with E-state index in [4.69, 9.17) is 53.4 Å². The Morgan fingerprint density at radius 2 is 0.815 bits per heavy atom. The molecule has 0 amide bonds. The molecule has 0 aliphatic heterocycles. The van der Waals surface area contributed by atoms with Gasteiger partial charge in [-0.2, -0.15) is 0 Å². The van der Waals surface area contributed by atoms with Crippen molar-refractivity contribution in [2.24, 2.45) is 9.98 Å². The minimum absolute atomic E-state index is 0. The van der Waals surface area contributed by atoms with E-state index in [1.807, 2.05) is 37.3 Å². The molecule has 0 bridgehead atoms. The van der Waals surface area contributed by atoms with Crippen molar-refractivity contribution in [1.29, 1.82) is 0 Å². The molecule has 0 radical (unpaired) electrons. The van der Waals surface area contributed by atoms with Crippen LogP contribution in [0.2, 0.25) is 15.1 Å². The number of nitrogens with zero attached hydrogens (tertiary/aromatic N) is 2. The van der Waals surface area contributed by atoms with Crippen LogP contribution >= 0.6 is 53.4 Å². The molecule has 2 N–H and O–H groups in total. The van der Waals surface area contributed by atoms with E-state index in [0.29, 0.717) is 32.1 Å². The SMILES string of the molecule is C.CC(C)(C)c1cc(C=Nc2cc(Cl)cc(Cl)c2)c(O)c(C(C)(C)C)c1.Cc1cc(Cl)cc(N=Cc2cc(C(C)(C)C)cc(C(C)(C)C)c2O)c1.[Cl][Ti][Cl]. The molecule has 0 saturated heterocycles. The average molecular weight is 871 g/mol. The number of hydrogen-bond acceptors (Lipinski definition) is 4. The Bertz CT molecular complexity index is 1750. The molecule has 0 saturated carbocycles. The fraction of sp³-hybridized carbons (Fsp3) is 0.409. The summed E-state index contributed by atoms with van der Waals surface area (Å²) in [5.41, 5.74) is 7.71. The number of aromatic hydroxyl groups is 2. The molecule has 0 heterocycles. The van der Waals surface area contributed by atoms with Gasteiger partial charge in [-0.1, -0.05) is 137 Å². The number of phenolic OH excluding ortho intramolecular Hbond substituents is 2. The Labute approximate surface area is 357 Å². The van der Waals surface area contributed by atoms with Gasteiger partial charge in [-0.05, 0) is 93.8 Å². The van der Waals surface area contributed by atoms with Gasteiger partial charge in [-0.15, -0.1) is 0 Å². The van der Waals surface area contributed by atoms with Crippen LogP contribution in [0.15, 0.2) is 70.6 Å². The number of halogens is 5. The molecule has 0 unspecified atom stereocenters. The van der Waals surface area contributed by atoms with Crippen LogP contribution in [0.1, 0.15) is 129 Å². The summed E-state index contributed by atoms with van der Waals surface area (Å²) in [5, 5.41) is 23.3. The van der Waals surface area contributed by atoms with Crippen LogP contribution in [0.25, 0.3) is 0 Å². The number of phenols is 2. The predicted molar refractivity (Wildman–Crippen MR) is 237 cm³/mol. The summed E-state index contributed by atoms with van der Waals surface area (Å²) in [6, 6.07) is 19.0. The molecular weight excluding hydrogens is 814 g/mol. The Morgan fingerprint density at radius 1 is 0.500 bits per heavy atom. The Morgan fingerprint density at radius 3 is 1.11 bits per heavy atom. The van der Waals surface area contributed by atoms with Crippen LogP contribution in [-0.4, -0.2) is 22.6 Å². The zero-order valence-corrected chi connectivity index (χ0v) is 38.4. The second-order valence-corrected chi connectivity index (χ2v) is 21.0. The molecule has 0 spiro atoms. The van der Waals surface area contributed by atoms with Gasteiger partial charge in [0, 0.05) is 49.8 Å². The van der Waals surface area contributed by atoms with Gasteiger partial charge >= 0.3 is 35.6 Å². The van der Waals surface area contributed by atoms with E-state index in [9.17, 15) is 10.2 Å². The van der Waals surface area contributed by atoms with Crippen molar-refractivity contribution >= 4 is 77.2 Å². The zero-order chi connectivity index (χ0) is 40.7. The molecular formula is C44H57Cl5N2O2Ti. The molecule has 294 valence electrons. The number of aliphatic imine (C=N–C) groups is 2. The first-order valence-electron chi connectivity index (χ1n) is 17.2. The zero-order valence-electron chi connectivity index (χ0n) is 33.1. The molecule has 0 aromatic heterocycles. The van der Waals surface area contributed by atoms with Crippen LogP contribution in [0, 0.1) is 6.92 Å². The van der Waals surface area contributed by atoms with Gasteiger partial charge in [0.15, 0.2) is 0 Å². The Hall–Kier alpha value is -2.02. The topological polar surface area (TPSA) is 65.2 Å². The van der Waals surface area contributed by atoms with Crippen molar-refractivity contribution in [2.75, 3.05) is 0 Å². The standard InChI is InChI=1S/C22H28ClNO.C21H25Cl2NO.CH4.2ClH.Ti/c1-14-8-17(23)12-18(9-14)24-13-15-10-16(21(2,3)4)11-19(20(15)25)22(5,6)7;1-20(2,3)14-7-13(19(25)18(8-14)21(4,5)6)12-24-17-10-15(22)9-16(23)11-17;;;;/h8-13,25H,1-7H3;7-12,25H,1-6H3;1H4;2*1H;/q;;;;;+2/p-2. The molecule has 0 fully saturated rings. The second kappa shape index (κ2) is 20.4. The number of aryl methyl sites for hydroxylation is 1. The van der Waals surface area contributed by atoms with Crippen LogP contribution in [0.4, 0.5) is 11.4 Å². The van der Waals surface area contributed by atoms with Crippen LogP contribution in [-0.2, 0) is 38.7 Å². The van der Waals surface area contributed by atoms with Gasteiger partial charge in [0.05, 0.1) is 11.4 Å². The molecule has 0 aliphatic carbocycles. The third kappa shape index (κ3) is 15.5. The van der Waals surface area contributed by atoms with Gasteiger partial charge < -0.3 is 10.2 Å². The normalized spacial score (nSPS) is 12.1. The molecule has 54 heavy (non-hydrogen) atoms. The van der Waals surface area contributed by atoms with Crippen molar-refractivity contribution < 1.29 is 27.2 Å². The minimum atomic E-state index is -0.556. The van der Waals surface area contributed by atoms with Crippen molar-refractivity contribution in [3.05, 3.63) is 115 Å². The van der Waals surface area contributed by atoms with Gasteiger partial charge in [0.1, 0.15) is 11.5 Å². The van der Waals surface area contributed by atoms with Crippen LogP contribution in [0.5, 0.6) is 11.5 Å². The van der Waals surface area contributed by atoms with E-state index in [-0.39, 0.29) is 34.8 Å². The van der Waals surface area contributed by atoms with E-state index in [1.165, 1.54) is 5.56 Å². The first-order chi connectivity index (χ1) is 24.2. The van der Waals surface area contributed by atoms with Crippen molar-refractivity contribution in [3.8, 4) is 11.5 Å². The van der Waals surface area contributed by atoms with E-state index in [2.05, 4.69) is 105 Å². The van der Waals surface area contributed by atoms with E-state index in [0.717, 1.165) is 33.5 Å². The van der Waals surface area contributed by atoms with E-state index < -0.39 is 17.0 Å². The molecule has 0 aliphatic rings. The van der Waals surface area contributed by atoms with Gasteiger partial charge in [0.2, 0.25) is 0 Å². The Balaban J connectivity index is 0.000000495. The first kappa shape index (κ1) is 50.0. The summed E-state index contributed by atoms with van der Waals surface area (Å²) in [6.45, 7) is 27.6. The Kier molecular flexibility index (Phi) is 18.9. The molecule has 4 nitrogen and oxygen atoms in total. The third-order valence-electron chi connectivity index (χ3n) is 8.21. The summed E-state index contributed by atoms with van der Waals surface area (Å²) >= 11 is 17.6. The van der Waals surface area contributed by atoms with Crippen molar-refractivity contribution in [1.82, 2.24) is 0 Å². The molecule has 4 rings (SSSR count). The molecule has 0 atom stereocenters. The fourth-order valence-corrected chi connectivity index (χ4v) is 6.01. The summed E-state index contributed by atoms with van der Waals surface area (Å²) in [5.74, 6) is 0.556. The summed E-state index contributed by atoms with van der Waals surface area (Å²) in [4.78, 5) is 8.99. The van der Waals surface area contributed by atoms with Crippen LogP contribution in [0.3, 0.4) is 0 Å². The molecule has 10 heteroatoms. The second-order valence-electron chi connectivity index (χ2n) is 17.1. The average Bonchev–Trinajstić information content (AvgIpc) is 2.97. The quantitative estimate of drug-likeness (QED) is 0.158.